The second kappa shape index (κ2) is 2.17. The molecule has 62 valence electrons. The Morgan fingerprint density at radius 2 is 2.18 bits per heavy atom. The molecule has 3 bridgehead atoms. The van der Waals surface area contributed by atoms with Gasteiger partial charge in [-0.25, -0.2) is 0 Å². The SMILES string of the molecule is CN1C2CC3CCC1C(C2)S3. The monoisotopic (exact) mass is 169 g/mol. The molecule has 0 spiro atoms. The molecule has 3 rings (SSSR count). The molecule has 0 radical (unpaired) electrons. The molecule has 3 aliphatic rings. The van der Waals surface area contributed by atoms with E-state index in [4.69, 9.17) is 0 Å². The van der Waals surface area contributed by atoms with Gasteiger partial charge >= 0.3 is 0 Å². The minimum absolute atomic E-state index is 0.948. The summed E-state index contributed by atoms with van der Waals surface area (Å²) in [6.07, 6.45) is 5.94. The Balaban J connectivity index is 1.96. The van der Waals surface area contributed by atoms with Crippen molar-refractivity contribution in [2.45, 2.75) is 48.3 Å². The molecule has 4 atom stereocenters. The lowest BCUT2D eigenvalue weighted by atomic mass is 9.99. The van der Waals surface area contributed by atoms with E-state index in [2.05, 4.69) is 23.7 Å². The summed E-state index contributed by atoms with van der Waals surface area (Å²) in [5, 5.41) is 2.04. The summed E-state index contributed by atoms with van der Waals surface area (Å²) in [5.74, 6) is 0. The molecule has 0 aliphatic carbocycles. The third kappa shape index (κ3) is 0.829. The molecule has 0 aromatic heterocycles. The molecule has 1 nitrogen and oxygen atoms in total. The van der Waals surface area contributed by atoms with Crippen molar-refractivity contribution >= 4 is 11.8 Å². The summed E-state index contributed by atoms with van der Waals surface area (Å²) in [6, 6.07) is 1.91. The lowest BCUT2D eigenvalue weighted by molar-refractivity contribution is 0.247. The summed E-state index contributed by atoms with van der Waals surface area (Å²) >= 11 is 2.28. The Morgan fingerprint density at radius 3 is 3.09 bits per heavy atom. The van der Waals surface area contributed by atoms with E-state index in [1.165, 1.54) is 25.7 Å². The molecule has 0 saturated carbocycles. The third-order valence-electron chi connectivity index (χ3n) is 3.72. The Morgan fingerprint density at radius 1 is 1.27 bits per heavy atom. The van der Waals surface area contributed by atoms with Crippen molar-refractivity contribution in [1.82, 2.24) is 4.90 Å². The van der Waals surface area contributed by atoms with Gasteiger partial charge in [0.2, 0.25) is 0 Å². The number of hydrogen-bond acceptors (Lipinski definition) is 2. The van der Waals surface area contributed by atoms with Crippen molar-refractivity contribution < 1.29 is 0 Å². The first-order valence-corrected chi connectivity index (χ1v) is 5.66. The molecular formula is C9H15NS. The van der Waals surface area contributed by atoms with Crippen molar-refractivity contribution in [2.24, 2.45) is 0 Å². The normalized spacial score (nSPS) is 55.4. The molecule has 0 aromatic rings. The van der Waals surface area contributed by atoms with Crippen LogP contribution in [0.1, 0.15) is 25.7 Å². The highest BCUT2D eigenvalue weighted by Crippen LogP contribution is 2.49. The van der Waals surface area contributed by atoms with Gasteiger partial charge in [0.1, 0.15) is 0 Å². The number of rotatable bonds is 0. The van der Waals surface area contributed by atoms with Crippen molar-refractivity contribution in [3.05, 3.63) is 0 Å². The number of fused-ring (bicyclic) bond motifs is 2. The largest absolute Gasteiger partial charge is 0.299 e. The first kappa shape index (κ1) is 6.79. The maximum absolute atomic E-state index is 2.66. The van der Waals surface area contributed by atoms with Crippen LogP contribution in [0.4, 0.5) is 0 Å². The average molecular weight is 169 g/mol. The molecule has 0 N–H and O–H groups in total. The number of thioether (sulfide) groups is 1. The van der Waals surface area contributed by atoms with E-state index >= 15 is 0 Å². The molecule has 4 unspecified atom stereocenters. The smallest absolute Gasteiger partial charge is 0.0221 e. The zero-order valence-electron chi connectivity index (χ0n) is 6.99. The molecule has 3 saturated heterocycles. The predicted molar refractivity (Wildman–Crippen MR) is 49.0 cm³/mol. The number of nitrogens with zero attached hydrogens (tertiary/aromatic N) is 1. The second-order valence-corrected chi connectivity index (χ2v) is 5.78. The van der Waals surface area contributed by atoms with E-state index in [0.29, 0.717) is 0 Å². The van der Waals surface area contributed by atoms with Crippen LogP contribution in [0.15, 0.2) is 0 Å². The molecule has 11 heavy (non-hydrogen) atoms. The molecule has 2 heteroatoms. The molecule has 0 aromatic carbocycles. The molecule has 3 aliphatic heterocycles. The van der Waals surface area contributed by atoms with E-state index < -0.39 is 0 Å². The Labute approximate surface area is 72.5 Å². The van der Waals surface area contributed by atoms with Crippen molar-refractivity contribution in [3.63, 3.8) is 0 Å². The van der Waals surface area contributed by atoms with Crippen LogP contribution < -0.4 is 0 Å². The van der Waals surface area contributed by atoms with Crippen LogP contribution in [0.3, 0.4) is 0 Å². The van der Waals surface area contributed by atoms with Gasteiger partial charge in [-0.05, 0) is 32.7 Å². The number of hydrogen-bond donors (Lipinski definition) is 0. The van der Waals surface area contributed by atoms with Gasteiger partial charge in [0, 0.05) is 22.6 Å². The lowest BCUT2D eigenvalue weighted by Gasteiger charge is -2.32. The second-order valence-electron chi connectivity index (χ2n) is 4.23. The maximum Gasteiger partial charge on any atom is 0.0221 e. The van der Waals surface area contributed by atoms with E-state index in [-0.39, 0.29) is 0 Å². The predicted octanol–water partition coefficient (Wildman–Crippen LogP) is 1.73. The van der Waals surface area contributed by atoms with E-state index in [1.54, 1.807) is 0 Å². The summed E-state index contributed by atoms with van der Waals surface area (Å²) in [4.78, 5) is 2.66. The van der Waals surface area contributed by atoms with Gasteiger partial charge in [-0.1, -0.05) is 0 Å². The van der Waals surface area contributed by atoms with Crippen LogP contribution in [-0.4, -0.2) is 34.5 Å². The van der Waals surface area contributed by atoms with Gasteiger partial charge in [-0.3, -0.25) is 4.90 Å². The summed E-state index contributed by atoms with van der Waals surface area (Å²) in [7, 11) is 2.34. The summed E-state index contributed by atoms with van der Waals surface area (Å²) in [6.45, 7) is 0. The van der Waals surface area contributed by atoms with Gasteiger partial charge in [0.05, 0.1) is 0 Å². The minimum atomic E-state index is 0.948. The topological polar surface area (TPSA) is 3.24 Å². The number of likely N-dealkylation sites (tertiary alicyclic amines) is 1. The fourth-order valence-electron chi connectivity index (χ4n) is 3.07. The molecule has 3 heterocycles. The van der Waals surface area contributed by atoms with Gasteiger partial charge in [0.15, 0.2) is 0 Å². The van der Waals surface area contributed by atoms with E-state index in [9.17, 15) is 0 Å². The van der Waals surface area contributed by atoms with Crippen LogP contribution in [0, 0.1) is 0 Å². The first-order valence-electron chi connectivity index (χ1n) is 4.72. The minimum Gasteiger partial charge on any atom is -0.299 e. The maximum atomic E-state index is 2.66. The van der Waals surface area contributed by atoms with Crippen LogP contribution in [0.2, 0.25) is 0 Å². The van der Waals surface area contributed by atoms with Gasteiger partial charge in [-0.15, -0.1) is 0 Å². The Hall–Kier alpha value is 0.310. The van der Waals surface area contributed by atoms with Gasteiger partial charge in [-0.2, -0.15) is 11.8 Å². The van der Waals surface area contributed by atoms with E-state index in [0.717, 1.165) is 22.6 Å². The van der Waals surface area contributed by atoms with E-state index in [1.807, 2.05) is 0 Å². The van der Waals surface area contributed by atoms with Gasteiger partial charge in [0.25, 0.3) is 0 Å². The average Bonchev–Trinajstić information content (AvgIpc) is 2.14. The van der Waals surface area contributed by atoms with Gasteiger partial charge < -0.3 is 0 Å². The summed E-state index contributed by atoms with van der Waals surface area (Å²) < 4.78 is 0. The van der Waals surface area contributed by atoms with Crippen molar-refractivity contribution in [1.29, 1.82) is 0 Å². The van der Waals surface area contributed by atoms with Crippen molar-refractivity contribution in [3.8, 4) is 0 Å². The van der Waals surface area contributed by atoms with Crippen LogP contribution in [0.25, 0.3) is 0 Å². The lowest BCUT2D eigenvalue weighted by Crippen LogP contribution is -2.33. The Bertz CT molecular complexity index is 178. The highest BCUT2D eigenvalue weighted by atomic mass is 32.2. The zero-order valence-corrected chi connectivity index (χ0v) is 7.81. The fourth-order valence-corrected chi connectivity index (χ4v) is 5.01. The Kier molecular flexibility index (Phi) is 1.34. The third-order valence-corrected chi connectivity index (χ3v) is 5.39. The molecule has 3 fully saturated rings. The zero-order chi connectivity index (χ0) is 7.42. The van der Waals surface area contributed by atoms with Crippen molar-refractivity contribution in [2.75, 3.05) is 7.05 Å². The van der Waals surface area contributed by atoms with Crippen LogP contribution in [-0.2, 0) is 0 Å². The standard InChI is InChI=1S/C9H15NS/c1-10-6-4-7-2-3-8(10)9(5-6)11-7/h6-9H,2-5H2,1H3. The molecule has 0 amide bonds. The van der Waals surface area contributed by atoms with Crippen LogP contribution in [0.5, 0.6) is 0 Å². The fraction of sp³-hybridized carbons (Fsp3) is 1.00. The molecular weight excluding hydrogens is 154 g/mol. The first-order chi connectivity index (χ1) is 5.34. The highest BCUT2D eigenvalue weighted by Gasteiger charge is 2.47. The van der Waals surface area contributed by atoms with Crippen LogP contribution >= 0.6 is 11.8 Å². The quantitative estimate of drug-likeness (QED) is 0.543. The summed E-state index contributed by atoms with van der Waals surface area (Å²) in [5.41, 5.74) is 0. The highest BCUT2D eigenvalue weighted by molar-refractivity contribution is 8.00.